The van der Waals surface area contributed by atoms with Gasteiger partial charge in [0.15, 0.2) is 0 Å². The topological polar surface area (TPSA) is 84.1 Å². The number of rotatable bonds is 1. The van der Waals surface area contributed by atoms with Gasteiger partial charge in [-0.2, -0.15) is 5.10 Å². The van der Waals surface area contributed by atoms with Crippen LogP contribution in [0.4, 0.5) is 10.6 Å². The Bertz CT molecular complexity index is 406. The summed E-state index contributed by atoms with van der Waals surface area (Å²) >= 11 is 0. The fraction of sp³-hybridized carbons (Fsp3) is 0.444. The molecule has 1 rings (SSSR count). The van der Waals surface area contributed by atoms with E-state index in [4.69, 9.17) is 4.74 Å². The lowest BCUT2D eigenvalue weighted by molar-refractivity contribution is 0.0635. The number of H-pyrrole nitrogens is 1. The smallest absolute Gasteiger partial charge is 0.413 e. The number of carbonyl (C=O) groups is 1. The molecule has 1 heterocycles. The van der Waals surface area contributed by atoms with Crippen molar-refractivity contribution in [1.29, 1.82) is 0 Å². The molecule has 6 nitrogen and oxygen atoms in total. The number of nitrogens with one attached hydrogen (secondary N) is 2. The van der Waals surface area contributed by atoms with E-state index in [1.807, 2.05) is 0 Å². The van der Waals surface area contributed by atoms with Gasteiger partial charge in [0.25, 0.3) is 0 Å². The van der Waals surface area contributed by atoms with Crippen LogP contribution in [0, 0.1) is 0 Å². The summed E-state index contributed by atoms with van der Waals surface area (Å²) in [6, 6.07) is 1.26. The zero-order valence-corrected chi connectivity index (χ0v) is 8.83. The van der Waals surface area contributed by atoms with E-state index >= 15 is 0 Å². The second-order valence-electron chi connectivity index (χ2n) is 3.91. The number of amides is 1. The summed E-state index contributed by atoms with van der Waals surface area (Å²) in [5.41, 5.74) is -0.981. The van der Waals surface area contributed by atoms with Crippen LogP contribution in [0.3, 0.4) is 0 Å². The first-order chi connectivity index (χ1) is 6.88. The minimum absolute atomic E-state index is 0.0771. The van der Waals surface area contributed by atoms with E-state index in [0.717, 1.165) is 0 Å². The van der Waals surface area contributed by atoms with Gasteiger partial charge in [0, 0.05) is 12.3 Å². The SMILES string of the molecule is CC(C)(C)OC(=O)Nc1n[nH]ccc1=O. The highest BCUT2D eigenvalue weighted by Crippen LogP contribution is 2.07. The second kappa shape index (κ2) is 4.12. The van der Waals surface area contributed by atoms with Gasteiger partial charge in [0.1, 0.15) is 5.60 Å². The lowest BCUT2D eigenvalue weighted by Crippen LogP contribution is -2.29. The van der Waals surface area contributed by atoms with Crippen LogP contribution in [0.15, 0.2) is 17.1 Å². The van der Waals surface area contributed by atoms with Crippen molar-refractivity contribution in [2.24, 2.45) is 0 Å². The van der Waals surface area contributed by atoms with Crippen molar-refractivity contribution in [2.75, 3.05) is 5.32 Å². The van der Waals surface area contributed by atoms with Gasteiger partial charge >= 0.3 is 6.09 Å². The summed E-state index contributed by atoms with van der Waals surface area (Å²) in [7, 11) is 0. The molecule has 1 aromatic rings. The first-order valence-electron chi connectivity index (χ1n) is 4.42. The molecule has 0 aliphatic carbocycles. The van der Waals surface area contributed by atoms with E-state index in [-0.39, 0.29) is 11.2 Å². The molecule has 0 aliphatic heterocycles. The third-order valence-electron chi connectivity index (χ3n) is 1.34. The van der Waals surface area contributed by atoms with Crippen molar-refractivity contribution in [2.45, 2.75) is 26.4 Å². The molecule has 1 aromatic heterocycles. The quantitative estimate of drug-likeness (QED) is 0.728. The average molecular weight is 211 g/mol. The average Bonchev–Trinajstić information content (AvgIpc) is 2.05. The van der Waals surface area contributed by atoms with Gasteiger partial charge in [-0.25, -0.2) is 4.79 Å². The Balaban J connectivity index is 2.68. The molecule has 0 fully saturated rings. The maximum Gasteiger partial charge on any atom is 0.413 e. The van der Waals surface area contributed by atoms with E-state index in [1.54, 1.807) is 20.8 Å². The fourth-order valence-electron chi connectivity index (χ4n) is 0.839. The molecule has 82 valence electrons. The summed E-state index contributed by atoms with van der Waals surface area (Å²) in [6.45, 7) is 5.19. The molecule has 0 spiro atoms. The van der Waals surface area contributed by atoms with E-state index in [0.29, 0.717) is 0 Å². The highest BCUT2D eigenvalue weighted by Gasteiger charge is 2.17. The Morgan fingerprint density at radius 2 is 2.20 bits per heavy atom. The highest BCUT2D eigenvalue weighted by atomic mass is 16.6. The Morgan fingerprint density at radius 1 is 1.53 bits per heavy atom. The monoisotopic (exact) mass is 211 g/mol. The van der Waals surface area contributed by atoms with Crippen molar-refractivity contribution in [3.05, 3.63) is 22.5 Å². The zero-order chi connectivity index (χ0) is 11.5. The van der Waals surface area contributed by atoms with Crippen LogP contribution in [0.25, 0.3) is 0 Å². The number of anilines is 1. The summed E-state index contributed by atoms with van der Waals surface area (Å²) < 4.78 is 4.95. The summed E-state index contributed by atoms with van der Waals surface area (Å²) in [5, 5.41) is 8.30. The Labute approximate surface area is 86.7 Å². The van der Waals surface area contributed by atoms with Gasteiger partial charge in [-0.3, -0.25) is 15.2 Å². The summed E-state index contributed by atoms with van der Waals surface area (Å²) in [4.78, 5) is 22.4. The van der Waals surface area contributed by atoms with Crippen molar-refractivity contribution >= 4 is 11.9 Å². The molecule has 0 radical (unpaired) electrons. The molecule has 0 aliphatic rings. The van der Waals surface area contributed by atoms with Crippen molar-refractivity contribution in [3.8, 4) is 0 Å². The normalized spacial score (nSPS) is 10.9. The number of carbonyl (C=O) groups excluding carboxylic acids is 1. The van der Waals surface area contributed by atoms with Crippen molar-refractivity contribution < 1.29 is 9.53 Å². The lowest BCUT2D eigenvalue weighted by Gasteiger charge is -2.19. The molecule has 15 heavy (non-hydrogen) atoms. The number of aromatic nitrogens is 2. The van der Waals surface area contributed by atoms with E-state index in [2.05, 4.69) is 15.5 Å². The first-order valence-corrected chi connectivity index (χ1v) is 4.42. The Kier molecular flexibility index (Phi) is 3.08. The number of hydrogen-bond donors (Lipinski definition) is 2. The van der Waals surface area contributed by atoms with Gasteiger partial charge in [0.2, 0.25) is 11.2 Å². The minimum atomic E-state index is -0.702. The van der Waals surface area contributed by atoms with E-state index < -0.39 is 11.7 Å². The Morgan fingerprint density at radius 3 is 2.73 bits per heavy atom. The molecule has 0 saturated carbocycles. The van der Waals surface area contributed by atoms with Gasteiger partial charge in [-0.1, -0.05) is 0 Å². The van der Waals surface area contributed by atoms with Crippen LogP contribution >= 0.6 is 0 Å². The number of ether oxygens (including phenoxy) is 1. The molecule has 0 unspecified atom stereocenters. The van der Waals surface area contributed by atoms with E-state index in [1.165, 1.54) is 12.3 Å². The van der Waals surface area contributed by atoms with Crippen molar-refractivity contribution in [1.82, 2.24) is 10.2 Å². The Hall–Kier alpha value is -1.85. The van der Waals surface area contributed by atoms with Crippen LogP contribution in [0.2, 0.25) is 0 Å². The van der Waals surface area contributed by atoms with Crippen molar-refractivity contribution in [3.63, 3.8) is 0 Å². The van der Waals surface area contributed by atoms with Gasteiger partial charge in [-0.15, -0.1) is 0 Å². The lowest BCUT2D eigenvalue weighted by atomic mass is 10.2. The van der Waals surface area contributed by atoms with Gasteiger partial charge < -0.3 is 4.74 Å². The van der Waals surface area contributed by atoms with Crippen LogP contribution < -0.4 is 10.7 Å². The number of nitrogens with zero attached hydrogens (tertiary/aromatic N) is 1. The van der Waals surface area contributed by atoms with Gasteiger partial charge in [-0.05, 0) is 20.8 Å². The molecule has 6 heteroatoms. The fourth-order valence-corrected chi connectivity index (χ4v) is 0.839. The van der Waals surface area contributed by atoms with Crippen LogP contribution in [0.5, 0.6) is 0 Å². The molecule has 0 bridgehead atoms. The summed E-state index contributed by atoms with van der Waals surface area (Å²) in [6.07, 6.45) is 0.675. The molecule has 2 N–H and O–H groups in total. The zero-order valence-electron chi connectivity index (χ0n) is 8.83. The van der Waals surface area contributed by atoms with Crippen LogP contribution in [-0.4, -0.2) is 21.9 Å². The third-order valence-corrected chi connectivity index (χ3v) is 1.34. The molecule has 0 aromatic carbocycles. The molecule has 1 amide bonds. The number of hydrogen-bond acceptors (Lipinski definition) is 4. The maximum absolute atomic E-state index is 11.3. The van der Waals surface area contributed by atoms with Gasteiger partial charge in [0.05, 0.1) is 0 Å². The molecule has 0 saturated heterocycles. The minimum Gasteiger partial charge on any atom is -0.444 e. The standard InChI is InChI=1S/C9H13N3O3/c1-9(2,3)15-8(14)11-7-6(13)4-5-10-12-7/h4-5H,1-3H3,(H,10,13)(H,11,12,14). The predicted octanol–water partition coefficient (Wildman–Crippen LogP) is 1.12. The number of aromatic amines is 1. The predicted molar refractivity (Wildman–Crippen MR) is 54.7 cm³/mol. The largest absolute Gasteiger partial charge is 0.444 e. The van der Waals surface area contributed by atoms with Crippen LogP contribution in [-0.2, 0) is 4.74 Å². The highest BCUT2D eigenvalue weighted by molar-refractivity contribution is 5.83. The van der Waals surface area contributed by atoms with E-state index in [9.17, 15) is 9.59 Å². The van der Waals surface area contributed by atoms with Crippen LogP contribution in [0.1, 0.15) is 20.8 Å². The first kappa shape index (κ1) is 11.2. The summed E-state index contributed by atoms with van der Waals surface area (Å²) in [5.74, 6) is -0.0771. The maximum atomic E-state index is 11.3. The third kappa shape index (κ3) is 3.80. The molecular weight excluding hydrogens is 198 g/mol. The second-order valence-corrected chi connectivity index (χ2v) is 3.91. The molecule has 0 atom stereocenters. The molecular formula is C9H13N3O3.